The fourth-order valence-corrected chi connectivity index (χ4v) is 3.53. The van der Waals surface area contributed by atoms with E-state index in [1.165, 1.54) is 11.6 Å². The maximum atomic E-state index is 12.9. The van der Waals surface area contributed by atoms with E-state index in [0.29, 0.717) is 11.0 Å². The largest absolute Gasteiger partial charge is 0.497 e. The van der Waals surface area contributed by atoms with E-state index in [0.717, 1.165) is 21.4 Å². The van der Waals surface area contributed by atoms with Crippen LogP contribution in [0.3, 0.4) is 0 Å². The third-order valence-electron chi connectivity index (χ3n) is 5.13. The second-order valence-corrected chi connectivity index (χ2v) is 7.54. The molecule has 0 fully saturated rings. The molecule has 1 N–H and O–H groups in total. The lowest BCUT2D eigenvalue weighted by molar-refractivity contribution is 0.415. The SMILES string of the molecule is COc1ccc(/C=N\Nc2nc3c(c(=O)n(C)c(=O)n3C)n2Cc2ccccc2Cl)cc1. The molecule has 32 heavy (non-hydrogen) atoms. The van der Waals surface area contributed by atoms with Crippen LogP contribution in [0, 0.1) is 0 Å². The van der Waals surface area contributed by atoms with E-state index in [-0.39, 0.29) is 17.7 Å². The fourth-order valence-electron chi connectivity index (χ4n) is 3.34. The van der Waals surface area contributed by atoms with Crippen molar-refractivity contribution in [1.82, 2.24) is 18.7 Å². The smallest absolute Gasteiger partial charge is 0.332 e. The van der Waals surface area contributed by atoms with Crippen molar-refractivity contribution in [3.63, 3.8) is 0 Å². The van der Waals surface area contributed by atoms with Gasteiger partial charge in [-0.25, -0.2) is 10.2 Å². The molecule has 0 spiro atoms. The molecule has 0 amide bonds. The van der Waals surface area contributed by atoms with Crippen LogP contribution in [0.5, 0.6) is 5.75 Å². The van der Waals surface area contributed by atoms with Crippen LogP contribution in [0.1, 0.15) is 11.1 Å². The number of nitrogens with zero attached hydrogens (tertiary/aromatic N) is 5. The van der Waals surface area contributed by atoms with Gasteiger partial charge in [-0.3, -0.25) is 18.5 Å². The van der Waals surface area contributed by atoms with Crippen LogP contribution in [0.2, 0.25) is 5.02 Å². The van der Waals surface area contributed by atoms with Gasteiger partial charge in [0.05, 0.1) is 19.9 Å². The standard InChI is InChI=1S/C22H21ClN6O3/c1-27-19-18(20(30)28(2)22(27)31)29(13-15-6-4-5-7-17(15)23)21(25-19)26-24-12-14-8-10-16(32-3)11-9-14/h4-12H,13H2,1-3H3,(H,25,26)/b24-12-. The molecule has 0 aliphatic heterocycles. The number of anilines is 1. The lowest BCUT2D eigenvalue weighted by atomic mass is 10.2. The third kappa shape index (κ3) is 3.90. The summed E-state index contributed by atoms with van der Waals surface area (Å²) in [5, 5.41) is 4.82. The summed E-state index contributed by atoms with van der Waals surface area (Å²) in [4.78, 5) is 29.8. The summed E-state index contributed by atoms with van der Waals surface area (Å²) in [6.45, 7) is 0.268. The molecule has 2 aromatic carbocycles. The Balaban J connectivity index is 1.80. The fraction of sp³-hybridized carbons (Fsp3) is 0.182. The van der Waals surface area contributed by atoms with Crippen LogP contribution >= 0.6 is 11.6 Å². The monoisotopic (exact) mass is 452 g/mol. The molecule has 0 radical (unpaired) electrons. The van der Waals surface area contributed by atoms with E-state index in [1.54, 1.807) is 31.0 Å². The molecule has 0 bridgehead atoms. The first-order valence-electron chi connectivity index (χ1n) is 9.73. The Hall–Kier alpha value is -3.85. The molecule has 164 valence electrons. The van der Waals surface area contributed by atoms with Gasteiger partial charge in [0.25, 0.3) is 5.56 Å². The number of aryl methyl sites for hydroxylation is 1. The van der Waals surface area contributed by atoms with Gasteiger partial charge in [0.2, 0.25) is 5.95 Å². The number of hydrazone groups is 1. The molecule has 2 heterocycles. The van der Waals surface area contributed by atoms with Crippen LogP contribution in [0.4, 0.5) is 5.95 Å². The van der Waals surface area contributed by atoms with Crippen LogP contribution < -0.4 is 21.4 Å². The van der Waals surface area contributed by atoms with E-state index in [4.69, 9.17) is 16.3 Å². The van der Waals surface area contributed by atoms with Crippen LogP contribution in [0.15, 0.2) is 63.2 Å². The average Bonchev–Trinajstić information content (AvgIpc) is 3.16. The number of hydrogen-bond acceptors (Lipinski definition) is 6. The minimum Gasteiger partial charge on any atom is -0.497 e. The zero-order valence-electron chi connectivity index (χ0n) is 17.7. The summed E-state index contributed by atoms with van der Waals surface area (Å²) in [5.74, 6) is 1.05. The normalized spacial score (nSPS) is 11.4. The van der Waals surface area contributed by atoms with Gasteiger partial charge in [-0.2, -0.15) is 10.1 Å². The van der Waals surface area contributed by atoms with E-state index < -0.39 is 11.2 Å². The first-order valence-corrected chi connectivity index (χ1v) is 10.1. The number of benzene rings is 2. The van der Waals surface area contributed by atoms with Crippen molar-refractivity contribution >= 4 is 34.9 Å². The summed E-state index contributed by atoms with van der Waals surface area (Å²) in [5.41, 5.74) is 4.16. The molecule has 0 atom stereocenters. The van der Waals surface area contributed by atoms with Crippen molar-refractivity contribution in [2.24, 2.45) is 19.2 Å². The van der Waals surface area contributed by atoms with Crippen molar-refractivity contribution in [1.29, 1.82) is 0 Å². The molecule has 0 unspecified atom stereocenters. The number of rotatable bonds is 6. The average molecular weight is 453 g/mol. The second-order valence-electron chi connectivity index (χ2n) is 7.13. The van der Waals surface area contributed by atoms with Gasteiger partial charge in [0.1, 0.15) is 5.75 Å². The molecular formula is C22H21ClN6O3. The lowest BCUT2D eigenvalue weighted by Gasteiger charge is -2.10. The Morgan fingerprint density at radius 1 is 1.09 bits per heavy atom. The molecule has 4 rings (SSSR count). The van der Waals surface area contributed by atoms with Gasteiger partial charge in [0, 0.05) is 19.1 Å². The quantitative estimate of drug-likeness (QED) is 0.358. The van der Waals surface area contributed by atoms with Gasteiger partial charge >= 0.3 is 5.69 Å². The predicted octanol–water partition coefficient (Wildman–Crippen LogP) is 2.59. The molecular weight excluding hydrogens is 432 g/mol. The van der Waals surface area contributed by atoms with Gasteiger partial charge in [-0.1, -0.05) is 29.8 Å². The third-order valence-corrected chi connectivity index (χ3v) is 5.50. The summed E-state index contributed by atoms with van der Waals surface area (Å²) >= 11 is 6.35. The van der Waals surface area contributed by atoms with Crippen molar-refractivity contribution in [2.45, 2.75) is 6.54 Å². The van der Waals surface area contributed by atoms with E-state index >= 15 is 0 Å². The summed E-state index contributed by atoms with van der Waals surface area (Å²) in [6.07, 6.45) is 1.62. The number of fused-ring (bicyclic) bond motifs is 1. The highest BCUT2D eigenvalue weighted by Gasteiger charge is 2.19. The summed E-state index contributed by atoms with van der Waals surface area (Å²) in [7, 11) is 4.61. The molecule has 2 aromatic heterocycles. The molecule has 0 saturated heterocycles. The maximum Gasteiger partial charge on any atom is 0.332 e. The van der Waals surface area contributed by atoms with Gasteiger partial charge in [-0.15, -0.1) is 0 Å². The predicted molar refractivity (Wildman–Crippen MR) is 125 cm³/mol. The lowest BCUT2D eigenvalue weighted by Crippen LogP contribution is -2.37. The first kappa shape index (κ1) is 21.4. The van der Waals surface area contributed by atoms with E-state index in [1.807, 2.05) is 42.5 Å². The van der Waals surface area contributed by atoms with Gasteiger partial charge in [0.15, 0.2) is 11.2 Å². The number of halogens is 1. The van der Waals surface area contributed by atoms with Crippen molar-refractivity contribution in [3.8, 4) is 5.75 Å². The Kier molecular flexibility index (Phi) is 5.83. The Bertz CT molecular complexity index is 1430. The Morgan fingerprint density at radius 2 is 1.81 bits per heavy atom. The zero-order chi connectivity index (χ0) is 22.8. The number of hydrogen-bond donors (Lipinski definition) is 1. The van der Waals surface area contributed by atoms with Crippen molar-refractivity contribution in [2.75, 3.05) is 12.5 Å². The molecule has 4 aromatic rings. The van der Waals surface area contributed by atoms with Gasteiger partial charge < -0.3 is 4.74 Å². The number of nitrogens with one attached hydrogen (secondary N) is 1. The summed E-state index contributed by atoms with van der Waals surface area (Å²) in [6, 6.07) is 14.7. The Morgan fingerprint density at radius 3 is 2.50 bits per heavy atom. The highest BCUT2D eigenvalue weighted by Crippen LogP contribution is 2.22. The minimum atomic E-state index is -0.460. The molecule has 10 heteroatoms. The highest BCUT2D eigenvalue weighted by atomic mass is 35.5. The summed E-state index contributed by atoms with van der Waals surface area (Å²) < 4.78 is 9.21. The molecule has 9 nitrogen and oxygen atoms in total. The maximum absolute atomic E-state index is 12.9. The first-order chi connectivity index (χ1) is 15.4. The van der Waals surface area contributed by atoms with Crippen LogP contribution in [0.25, 0.3) is 11.2 Å². The molecule has 0 saturated carbocycles. The zero-order valence-corrected chi connectivity index (χ0v) is 18.5. The molecule has 0 aliphatic rings. The van der Waals surface area contributed by atoms with Crippen LogP contribution in [-0.2, 0) is 20.6 Å². The van der Waals surface area contributed by atoms with Crippen LogP contribution in [-0.4, -0.2) is 32.0 Å². The highest BCUT2D eigenvalue weighted by molar-refractivity contribution is 6.31. The van der Waals surface area contributed by atoms with Crippen molar-refractivity contribution in [3.05, 3.63) is 85.5 Å². The molecule has 0 aliphatic carbocycles. The number of ether oxygens (including phenoxy) is 1. The van der Waals surface area contributed by atoms with Gasteiger partial charge in [-0.05, 0) is 41.5 Å². The van der Waals surface area contributed by atoms with E-state index in [9.17, 15) is 9.59 Å². The number of methoxy groups -OCH3 is 1. The number of imidazole rings is 1. The Labute approximate surface area is 188 Å². The topological polar surface area (TPSA) is 95.4 Å². The van der Waals surface area contributed by atoms with Crippen molar-refractivity contribution < 1.29 is 4.74 Å². The second kappa shape index (κ2) is 8.72. The van der Waals surface area contributed by atoms with E-state index in [2.05, 4.69) is 15.5 Å². The number of aromatic nitrogens is 4. The minimum absolute atomic E-state index is 0.257.